The molecule has 1 saturated heterocycles. The Morgan fingerprint density at radius 3 is 2.96 bits per heavy atom. The second-order valence-corrected chi connectivity index (χ2v) is 8.45. The maximum atomic E-state index is 13.8. The van der Waals surface area contributed by atoms with E-state index in [1.54, 1.807) is 24.5 Å². The van der Waals surface area contributed by atoms with Gasteiger partial charge in [0.2, 0.25) is 0 Å². The Hall–Kier alpha value is -1.67. The van der Waals surface area contributed by atoms with Crippen molar-refractivity contribution in [2.45, 2.75) is 19.4 Å². The van der Waals surface area contributed by atoms with E-state index < -0.39 is 0 Å². The third-order valence-electron chi connectivity index (χ3n) is 5.33. The van der Waals surface area contributed by atoms with E-state index in [0.717, 1.165) is 59.5 Å². The van der Waals surface area contributed by atoms with Crippen molar-refractivity contribution in [2.75, 3.05) is 45.7 Å². The third-order valence-corrected chi connectivity index (χ3v) is 6.31. The van der Waals surface area contributed by atoms with E-state index in [2.05, 4.69) is 40.1 Å². The molecule has 2 aromatic heterocycles. The average molecular weight is 425 g/mol. The number of hydrogen-bond acceptors (Lipinski definition) is 6. The molecule has 0 aliphatic carbocycles. The number of thiophene rings is 1. The number of ether oxygens (including phenoxy) is 1. The lowest BCUT2D eigenvalue weighted by atomic mass is 10.1. The molecule has 2 aromatic rings. The zero-order valence-electron chi connectivity index (χ0n) is 16.4. The lowest BCUT2D eigenvalue weighted by Gasteiger charge is -2.41. The number of pyridine rings is 1. The summed E-state index contributed by atoms with van der Waals surface area (Å²) in [7, 11) is 3.92. The van der Waals surface area contributed by atoms with Gasteiger partial charge in [0, 0.05) is 61.3 Å². The van der Waals surface area contributed by atoms with Crippen molar-refractivity contribution in [3.63, 3.8) is 0 Å². The minimum Gasteiger partial charge on any atom is -0.385 e. The predicted molar refractivity (Wildman–Crippen MR) is 115 cm³/mol. The number of methoxy groups -OCH3 is 1. The summed E-state index contributed by atoms with van der Waals surface area (Å²) in [6.07, 6.45) is 4.17. The summed E-state index contributed by atoms with van der Waals surface area (Å²) in [5, 5.41) is 6.09. The lowest BCUT2D eigenvalue weighted by Crippen LogP contribution is -2.52. The molecule has 8 heteroatoms. The first-order valence-electron chi connectivity index (χ1n) is 9.24. The van der Waals surface area contributed by atoms with Gasteiger partial charge in [0.15, 0.2) is 0 Å². The number of likely N-dealkylation sites (N-methyl/N-ethyl adjacent to an activating group) is 1. The van der Waals surface area contributed by atoms with Crippen LogP contribution in [0.4, 0.5) is 9.39 Å². The van der Waals surface area contributed by atoms with Crippen LogP contribution in [-0.2, 0) is 4.74 Å². The molecule has 0 saturated carbocycles. The molecule has 5 nitrogen and oxygen atoms in total. The molecule has 2 aliphatic heterocycles. The molecule has 1 fully saturated rings. The summed E-state index contributed by atoms with van der Waals surface area (Å²) >= 11 is 1.72. The van der Waals surface area contributed by atoms with Gasteiger partial charge in [0.05, 0.1) is 17.2 Å². The van der Waals surface area contributed by atoms with Crippen molar-refractivity contribution >= 4 is 40.6 Å². The fourth-order valence-corrected chi connectivity index (χ4v) is 4.75. The number of nitrogens with one attached hydrogen (secondary N) is 1. The highest BCUT2D eigenvalue weighted by Gasteiger charge is 2.29. The summed E-state index contributed by atoms with van der Waals surface area (Å²) in [5.41, 5.74) is 2.25. The summed E-state index contributed by atoms with van der Waals surface area (Å²) in [5.74, 6) is -0.316. The summed E-state index contributed by atoms with van der Waals surface area (Å²) in [6.45, 7) is 5.66. The molecule has 28 heavy (non-hydrogen) atoms. The molecule has 0 radical (unpaired) electrons. The number of rotatable bonds is 4. The Balaban J connectivity index is 0.00000225. The topological polar surface area (TPSA) is 40.6 Å². The van der Waals surface area contributed by atoms with Gasteiger partial charge in [-0.1, -0.05) is 0 Å². The van der Waals surface area contributed by atoms with Gasteiger partial charge in [0.25, 0.3) is 0 Å². The summed E-state index contributed by atoms with van der Waals surface area (Å²) in [4.78, 5) is 10.5. The van der Waals surface area contributed by atoms with E-state index >= 15 is 0 Å². The molecule has 1 unspecified atom stereocenters. The summed E-state index contributed by atoms with van der Waals surface area (Å²) < 4.78 is 19.1. The molecule has 0 aromatic carbocycles. The zero-order chi connectivity index (χ0) is 19.0. The zero-order valence-corrected chi connectivity index (χ0v) is 18.0. The van der Waals surface area contributed by atoms with Crippen LogP contribution in [0.15, 0.2) is 18.3 Å². The van der Waals surface area contributed by atoms with Crippen LogP contribution < -0.4 is 15.9 Å². The number of hydrogen-bond donors (Lipinski definition) is 1. The fraction of sp³-hybridized carbons (Fsp3) is 0.450. The fourth-order valence-electron chi connectivity index (χ4n) is 3.87. The Bertz CT molecular complexity index is 964. The van der Waals surface area contributed by atoms with Crippen LogP contribution in [0.2, 0.25) is 0 Å². The first kappa shape index (κ1) is 21.0. The van der Waals surface area contributed by atoms with Crippen molar-refractivity contribution in [1.29, 1.82) is 0 Å². The average Bonchev–Trinajstić information content (AvgIpc) is 2.95. The number of piperazine rings is 1. The maximum Gasteiger partial charge on any atom is 0.142 e. The number of fused-ring (bicyclic) bond motifs is 2. The number of aryl methyl sites for hydroxylation is 1. The van der Waals surface area contributed by atoms with Crippen LogP contribution in [0.5, 0.6) is 0 Å². The molecular weight excluding hydrogens is 399 g/mol. The minimum absolute atomic E-state index is 0. The number of aromatic nitrogens is 1. The molecule has 4 heterocycles. The standard InChI is InChI=1S/C20H25FN4OS.ClH/c1-13-8-17-19(25-6-5-24(2)16(12-25)4-7-26-3)18-14(9-15(21)11-22-18)10-23-20(17)27-13;/h8-11,16,23H,4-7,12H2,1-3H3;1H. The second kappa shape index (κ2) is 8.78. The molecule has 152 valence electrons. The lowest BCUT2D eigenvalue weighted by molar-refractivity contribution is 0.0960. The van der Waals surface area contributed by atoms with Crippen LogP contribution >= 0.6 is 23.7 Å². The highest BCUT2D eigenvalue weighted by molar-refractivity contribution is 7.16. The van der Waals surface area contributed by atoms with Crippen molar-refractivity contribution in [1.82, 2.24) is 14.8 Å². The number of anilines is 1. The molecule has 2 aliphatic rings. The molecular formula is C20H26ClFN4OS. The first-order valence-corrected chi connectivity index (χ1v) is 10.1. The third kappa shape index (κ3) is 4.03. The van der Waals surface area contributed by atoms with Crippen molar-refractivity contribution in [2.24, 2.45) is 0 Å². The quantitative estimate of drug-likeness (QED) is 0.812. The van der Waals surface area contributed by atoms with Crippen molar-refractivity contribution in [3.05, 3.63) is 45.2 Å². The Labute approximate surface area is 174 Å². The van der Waals surface area contributed by atoms with Gasteiger partial charge in [-0.2, -0.15) is 0 Å². The summed E-state index contributed by atoms with van der Waals surface area (Å²) in [6, 6.07) is 4.18. The smallest absolute Gasteiger partial charge is 0.142 e. The minimum atomic E-state index is -0.316. The van der Waals surface area contributed by atoms with Gasteiger partial charge in [-0.05, 0) is 32.5 Å². The number of nitrogens with zero attached hydrogens (tertiary/aromatic N) is 3. The van der Waals surface area contributed by atoms with Crippen LogP contribution in [-0.4, -0.2) is 61.2 Å². The second-order valence-electron chi connectivity index (χ2n) is 7.19. The van der Waals surface area contributed by atoms with Crippen LogP contribution in [0.3, 0.4) is 0 Å². The van der Waals surface area contributed by atoms with E-state index in [1.165, 1.54) is 11.1 Å². The van der Waals surface area contributed by atoms with E-state index in [1.807, 2.05) is 6.20 Å². The van der Waals surface area contributed by atoms with Gasteiger partial charge in [-0.25, -0.2) is 4.39 Å². The van der Waals surface area contributed by atoms with Gasteiger partial charge in [0.1, 0.15) is 10.8 Å². The monoisotopic (exact) mass is 424 g/mol. The number of halogens is 2. The normalized spacial score (nSPS) is 19.1. The molecule has 0 amide bonds. The van der Waals surface area contributed by atoms with Gasteiger partial charge in [-0.15, -0.1) is 23.7 Å². The van der Waals surface area contributed by atoms with E-state index in [4.69, 9.17) is 4.74 Å². The van der Waals surface area contributed by atoms with Crippen LogP contribution in [0, 0.1) is 12.7 Å². The van der Waals surface area contributed by atoms with Crippen LogP contribution in [0.25, 0.3) is 11.9 Å². The Morgan fingerprint density at radius 1 is 1.36 bits per heavy atom. The maximum absolute atomic E-state index is 13.8. The Kier molecular flexibility index (Phi) is 6.60. The van der Waals surface area contributed by atoms with Gasteiger partial charge < -0.3 is 15.0 Å². The van der Waals surface area contributed by atoms with E-state index in [-0.39, 0.29) is 18.2 Å². The first-order chi connectivity index (χ1) is 13.1. The largest absolute Gasteiger partial charge is 0.385 e. The molecule has 0 spiro atoms. The van der Waals surface area contributed by atoms with Crippen LogP contribution in [0.1, 0.15) is 16.9 Å². The van der Waals surface area contributed by atoms with Crippen molar-refractivity contribution in [3.8, 4) is 0 Å². The van der Waals surface area contributed by atoms with Gasteiger partial charge in [-0.3, -0.25) is 9.88 Å². The molecule has 1 N–H and O–H groups in total. The van der Waals surface area contributed by atoms with E-state index in [0.29, 0.717) is 6.04 Å². The predicted octanol–water partition coefficient (Wildman–Crippen LogP) is 1.98. The van der Waals surface area contributed by atoms with Gasteiger partial charge >= 0.3 is 0 Å². The molecule has 1 atom stereocenters. The highest BCUT2D eigenvalue weighted by atomic mass is 35.5. The van der Waals surface area contributed by atoms with Crippen molar-refractivity contribution < 1.29 is 9.13 Å². The Morgan fingerprint density at radius 2 is 2.18 bits per heavy atom. The molecule has 0 bridgehead atoms. The molecule has 4 rings (SSSR count). The SMILES string of the molecule is COCCC1CN(C2=c3ncc(F)cc3=CNc3sc(C)cc32)CCN1C.Cl. The highest BCUT2D eigenvalue weighted by Crippen LogP contribution is 2.34. The van der Waals surface area contributed by atoms with E-state index in [9.17, 15) is 4.39 Å².